The smallest absolute Gasteiger partial charge is 0.226 e. The van der Waals surface area contributed by atoms with Crippen LogP contribution < -0.4 is 5.32 Å². The molecular weight excluding hydrogens is 324 g/mol. The van der Waals surface area contributed by atoms with Crippen LogP contribution in [0.25, 0.3) is 0 Å². The van der Waals surface area contributed by atoms with Gasteiger partial charge < -0.3 is 9.84 Å². The summed E-state index contributed by atoms with van der Waals surface area (Å²) in [6, 6.07) is 2.57. The molecule has 6 nitrogen and oxygen atoms in total. The lowest BCUT2D eigenvalue weighted by Gasteiger charge is -2.32. The van der Waals surface area contributed by atoms with Crippen LogP contribution in [0.4, 0.5) is 0 Å². The fraction of sp³-hybridized carbons (Fsp3) is 0.588. The van der Waals surface area contributed by atoms with Gasteiger partial charge in [0.05, 0.1) is 0 Å². The minimum absolute atomic E-state index is 0.0892. The van der Waals surface area contributed by atoms with E-state index in [-0.39, 0.29) is 5.91 Å². The van der Waals surface area contributed by atoms with Crippen molar-refractivity contribution in [1.29, 1.82) is 0 Å². The molecule has 0 saturated heterocycles. The highest BCUT2D eigenvalue weighted by molar-refractivity contribution is 7.10. The van der Waals surface area contributed by atoms with Crippen LogP contribution in [0.2, 0.25) is 0 Å². The lowest BCUT2D eigenvalue weighted by atomic mass is 10.1. The van der Waals surface area contributed by atoms with Gasteiger partial charge in [0.25, 0.3) is 0 Å². The molecule has 1 aliphatic rings. The van der Waals surface area contributed by atoms with Crippen molar-refractivity contribution in [2.24, 2.45) is 0 Å². The highest BCUT2D eigenvalue weighted by atomic mass is 32.1. The first-order valence-electron chi connectivity index (χ1n) is 8.47. The topological polar surface area (TPSA) is 71.3 Å². The van der Waals surface area contributed by atoms with Gasteiger partial charge in [-0.2, -0.15) is 4.98 Å². The zero-order valence-electron chi connectivity index (χ0n) is 14.2. The quantitative estimate of drug-likeness (QED) is 0.831. The fourth-order valence-corrected chi connectivity index (χ4v) is 3.86. The summed E-state index contributed by atoms with van der Waals surface area (Å²) in [6.45, 7) is 6.73. The molecule has 130 valence electrons. The number of amides is 1. The van der Waals surface area contributed by atoms with Gasteiger partial charge in [0.2, 0.25) is 11.8 Å². The first-order chi connectivity index (χ1) is 11.6. The van der Waals surface area contributed by atoms with Crippen LogP contribution in [0.3, 0.4) is 0 Å². The van der Waals surface area contributed by atoms with E-state index in [1.165, 1.54) is 10.4 Å². The SMILES string of the molecule is Cc1noc(CCCC(=O)NC[C@H](C)N2CCc3sccc3C2)n1. The van der Waals surface area contributed by atoms with Gasteiger partial charge in [-0.25, -0.2) is 0 Å². The van der Waals surface area contributed by atoms with Gasteiger partial charge in [-0.1, -0.05) is 5.16 Å². The van der Waals surface area contributed by atoms with Gasteiger partial charge in [0, 0.05) is 43.4 Å². The van der Waals surface area contributed by atoms with Gasteiger partial charge >= 0.3 is 0 Å². The minimum Gasteiger partial charge on any atom is -0.355 e. The van der Waals surface area contributed by atoms with Gasteiger partial charge in [0.15, 0.2) is 5.82 Å². The molecule has 0 aromatic carbocycles. The average Bonchev–Trinajstić information content (AvgIpc) is 3.20. The van der Waals surface area contributed by atoms with Crippen molar-refractivity contribution in [2.45, 2.75) is 52.1 Å². The van der Waals surface area contributed by atoms with E-state index in [0.717, 1.165) is 25.9 Å². The van der Waals surface area contributed by atoms with Crippen LogP contribution in [-0.2, 0) is 24.2 Å². The van der Waals surface area contributed by atoms with Crippen LogP contribution in [0.1, 0.15) is 41.9 Å². The van der Waals surface area contributed by atoms with Crippen molar-refractivity contribution in [3.8, 4) is 0 Å². The molecule has 0 spiro atoms. The van der Waals surface area contributed by atoms with E-state index in [4.69, 9.17) is 4.52 Å². The number of hydrogen-bond acceptors (Lipinski definition) is 6. The van der Waals surface area contributed by atoms with Gasteiger partial charge in [-0.05, 0) is 43.7 Å². The third-order valence-electron chi connectivity index (χ3n) is 4.42. The number of rotatable bonds is 7. The second kappa shape index (κ2) is 7.90. The highest BCUT2D eigenvalue weighted by Gasteiger charge is 2.21. The van der Waals surface area contributed by atoms with Crippen molar-refractivity contribution < 1.29 is 9.32 Å². The van der Waals surface area contributed by atoms with Crippen LogP contribution in [0.5, 0.6) is 0 Å². The van der Waals surface area contributed by atoms with Crippen molar-refractivity contribution >= 4 is 17.2 Å². The maximum Gasteiger partial charge on any atom is 0.226 e. The molecule has 1 N–H and O–H groups in total. The number of fused-ring (bicyclic) bond motifs is 1. The molecule has 1 aliphatic heterocycles. The Balaban J connectivity index is 1.35. The molecule has 0 radical (unpaired) electrons. The van der Waals surface area contributed by atoms with Crippen molar-refractivity contribution in [2.75, 3.05) is 13.1 Å². The second-order valence-corrected chi connectivity index (χ2v) is 7.33. The van der Waals surface area contributed by atoms with Crippen molar-refractivity contribution in [1.82, 2.24) is 20.4 Å². The maximum absolute atomic E-state index is 12.0. The molecule has 2 aromatic rings. The van der Waals surface area contributed by atoms with Gasteiger partial charge in [-0.15, -0.1) is 11.3 Å². The molecule has 3 heterocycles. The largest absolute Gasteiger partial charge is 0.355 e. The lowest BCUT2D eigenvalue weighted by molar-refractivity contribution is -0.121. The van der Waals surface area contributed by atoms with Crippen LogP contribution >= 0.6 is 11.3 Å². The van der Waals surface area contributed by atoms with E-state index in [2.05, 4.69) is 38.7 Å². The number of nitrogens with zero attached hydrogens (tertiary/aromatic N) is 3. The zero-order chi connectivity index (χ0) is 16.9. The summed E-state index contributed by atoms with van der Waals surface area (Å²) in [6.07, 6.45) is 2.98. The number of aromatic nitrogens is 2. The molecule has 0 fully saturated rings. The van der Waals surface area contributed by atoms with Gasteiger partial charge in [-0.3, -0.25) is 9.69 Å². The number of thiophene rings is 1. The molecule has 2 aromatic heterocycles. The van der Waals surface area contributed by atoms with E-state index in [1.54, 1.807) is 6.92 Å². The van der Waals surface area contributed by atoms with E-state index in [0.29, 0.717) is 37.1 Å². The highest BCUT2D eigenvalue weighted by Crippen LogP contribution is 2.24. The Morgan fingerprint density at radius 3 is 3.21 bits per heavy atom. The minimum atomic E-state index is 0.0892. The zero-order valence-corrected chi connectivity index (χ0v) is 15.1. The third kappa shape index (κ3) is 4.42. The third-order valence-corrected chi connectivity index (χ3v) is 5.44. The molecule has 24 heavy (non-hydrogen) atoms. The monoisotopic (exact) mass is 348 g/mol. The van der Waals surface area contributed by atoms with E-state index in [9.17, 15) is 4.79 Å². The summed E-state index contributed by atoms with van der Waals surface area (Å²) in [5.74, 6) is 1.33. The second-order valence-electron chi connectivity index (χ2n) is 6.33. The Morgan fingerprint density at radius 1 is 1.54 bits per heavy atom. The predicted molar refractivity (Wildman–Crippen MR) is 92.9 cm³/mol. The summed E-state index contributed by atoms with van der Waals surface area (Å²) >= 11 is 1.85. The summed E-state index contributed by atoms with van der Waals surface area (Å²) in [5.41, 5.74) is 1.44. The number of hydrogen-bond donors (Lipinski definition) is 1. The normalized spacial score (nSPS) is 15.9. The molecule has 0 saturated carbocycles. The Hall–Kier alpha value is -1.73. The molecule has 1 amide bonds. The van der Waals surface area contributed by atoms with Crippen molar-refractivity contribution in [3.63, 3.8) is 0 Å². The van der Waals surface area contributed by atoms with Crippen LogP contribution in [-0.4, -0.2) is 40.1 Å². The summed E-state index contributed by atoms with van der Waals surface area (Å²) in [7, 11) is 0. The van der Waals surface area contributed by atoms with Crippen molar-refractivity contribution in [3.05, 3.63) is 33.6 Å². The van der Waals surface area contributed by atoms with Crippen LogP contribution in [0.15, 0.2) is 16.0 Å². The summed E-state index contributed by atoms with van der Waals surface area (Å²) < 4.78 is 5.05. The molecule has 0 unspecified atom stereocenters. The van der Waals surface area contributed by atoms with Gasteiger partial charge in [0.1, 0.15) is 0 Å². The standard InChI is InChI=1S/C17H24N4O2S/c1-12(21-8-6-15-14(11-21)7-9-24-15)10-18-16(22)4-3-5-17-19-13(2)20-23-17/h7,9,12H,3-6,8,10-11H2,1-2H3,(H,18,22)/t12-/m0/s1. The molecule has 7 heteroatoms. The number of carbonyl (C=O) groups is 1. The Bertz CT molecular complexity index is 682. The first kappa shape index (κ1) is 17.1. The Kier molecular flexibility index (Phi) is 5.63. The first-order valence-corrected chi connectivity index (χ1v) is 9.35. The molecule has 0 bridgehead atoms. The summed E-state index contributed by atoms with van der Waals surface area (Å²) in [4.78, 5) is 20.1. The number of nitrogens with one attached hydrogen (secondary N) is 1. The average molecular weight is 348 g/mol. The molecule has 1 atom stereocenters. The summed E-state index contributed by atoms with van der Waals surface area (Å²) in [5, 5.41) is 8.96. The maximum atomic E-state index is 12.0. The van der Waals surface area contributed by atoms with E-state index >= 15 is 0 Å². The number of aryl methyl sites for hydroxylation is 2. The predicted octanol–water partition coefficient (Wildman–Crippen LogP) is 2.33. The number of carbonyl (C=O) groups excluding carboxylic acids is 1. The van der Waals surface area contributed by atoms with E-state index < -0.39 is 0 Å². The molecule has 3 rings (SSSR count). The molecule has 0 aliphatic carbocycles. The Labute approximate surface area is 146 Å². The lowest BCUT2D eigenvalue weighted by Crippen LogP contribution is -2.44. The Morgan fingerprint density at radius 2 is 2.42 bits per heavy atom. The van der Waals surface area contributed by atoms with Crippen LogP contribution in [0, 0.1) is 6.92 Å². The van der Waals surface area contributed by atoms with E-state index in [1.807, 2.05) is 11.3 Å². The molecular formula is C17H24N4O2S. The fourth-order valence-electron chi connectivity index (χ4n) is 2.97.